The van der Waals surface area contributed by atoms with Gasteiger partial charge in [0.1, 0.15) is 28.7 Å². The number of hydrogen-bond acceptors (Lipinski definition) is 20. The standard InChI is InChI=1S/C45H40O30S5/c46-36(47)16-71-41-21-1-22-7-32(77(59,60)61)9-24(42(22)72-17-37(48)49)3-26-11-34(79(65,66)67)13-28(44(26)74-19-39(52)53)5-30-15-35(80(68,69)70)14-29(45(30)75-20-40(54)55)4-27-12-33(78(62,63)64)10-25(43(27)73-18-38(50)51)2-23(41)8-31(6-21)76(56,57)58/h6-15H,1-5,16-20H2,(H,46,47)(H,48,49)(H,50,51)(H,52,53)(H,54,55)(H,56,57,58)(H,59,60,61)(H,62,63,64)(H,65,66,67)(H,68,69,70). The van der Waals surface area contributed by atoms with E-state index in [0.29, 0.717) is 60.7 Å². The second-order valence-electron chi connectivity index (χ2n) is 17.0. The Labute approximate surface area is 451 Å². The smallest absolute Gasteiger partial charge is 0.341 e. The highest BCUT2D eigenvalue weighted by Gasteiger charge is 2.31. The molecule has 0 radical (unpaired) electrons. The van der Waals surface area contributed by atoms with Crippen molar-refractivity contribution in [3.8, 4) is 28.7 Å². The SMILES string of the molecule is O=C(O)COc1c2cc(S(=O)(=O)O)cc1Cc1cc(S(=O)(=O)O)cc(c1OCC(=O)O)Cc1cc(S(=O)(=O)O)cc(c1OCC(=O)O)Cc1cc(S(=O)(=O)O)cc(c1OCC(=O)O)Cc1cc(S(=O)(=O)O)cc(c1OCC(=O)O)C2. The number of fused-ring (bicyclic) bond motifs is 10. The molecule has 5 aromatic rings. The molecule has 10 N–H and O–H groups in total. The maximum Gasteiger partial charge on any atom is 0.341 e. The molecule has 80 heavy (non-hydrogen) atoms. The predicted molar refractivity (Wildman–Crippen MR) is 261 cm³/mol. The summed E-state index contributed by atoms with van der Waals surface area (Å²) in [5, 5.41) is 49.0. The van der Waals surface area contributed by atoms with Gasteiger partial charge in [-0.05, 0) is 60.7 Å². The topological polar surface area (TPSA) is 505 Å². The monoisotopic (exact) mass is 1220 g/mol. The van der Waals surface area contributed by atoms with Crippen LogP contribution in [-0.4, -0.2) is 153 Å². The zero-order chi connectivity index (χ0) is 59.6. The van der Waals surface area contributed by atoms with Gasteiger partial charge in [-0.25, -0.2) is 24.0 Å². The molecule has 0 heterocycles. The molecule has 1 aliphatic rings. The molecular weight excluding hydrogens is 1180 g/mol. The molecule has 0 unspecified atom stereocenters. The predicted octanol–water partition coefficient (Wildman–Crippen LogP) is 1.50. The average molecular weight is 1220 g/mol. The Morgan fingerprint density at radius 2 is 0.388 bits per heavy atom. The number of hydrogen-bond donors (Lipinski definition) is 10. The number of aliphatic carboxylic acids is 5. The van der Waals surface area contributed by atoms with Crippen molar-refractivity contribution in [2.24, 2.45) is 0 Å². The Morgan fingerprint density at radius 1 is 0.275 bits per heavy atom. The maximum atomic E-state index is 13.1. The number of ether oxygens (including phenoxy) is 5. The van der Waals surface area contributed by atoms with Crippen LogP contribution in [0.2, 0.25) is 0 Å². The normalized spacial score (nSPS) is 13.1. The van der Waals surface area contributed by atoms with Crippen molar-refractivity contribution in [1.29, 1.82) is 0 Å². The molecule has 0 amide bonds. The maximum absolute atomic E-state index is 13.1. The molecule has 0 aromatic heterocycles. The number of carboxylic acid groups (broad SMARTS) is 5. The van der Waals surface area contributed by atoms with Crippen LogP contribution in [0, 0.1) is 0 Å². The largest absolute Gasteiger partial charge is 0.481 e. The number of benzene rings is 5. The van der Waals surface area contributed by atoms with E-state index in [4.69, 9.17) is 23.7 Å². The first-order valence-corrected chi connectivity index (χ1v) is 29.0. The van der Waals surface area contributed by atoms with Crippen LogP contribution in [0.1, 0.15) is 55.6 Å². The summed E-state index contributed by atoms with van der Waals surface area (Å²) in [7, 11) is -27.4. The lowest BCUT2D eigenvalue weighted by Crippen LogP contribution is -2.17. The van der Waals surface area contributed by atoms with Gasteiger partial charge < -0.3 is 49.2 Å². The van der Waals surface area contributed by atoms with E-state index in [2.05, 4.69) is 0 Å². The van der Waals surface area contributed by atoms with Crippen LogP contribution in [0.4, 0.5) is 0 Å². The molecule has 0 aliphatic heterocycles. The molecule has 10 bridgehead atoms. The highest BCUT2D eigenvalue weighted by molar-refractivity contribution is 7.86. The third kappa shape index (κ3) is 15.4. The fourth-order valence-electron chi connectivity index (χ4n) is 8.29. The fraction of sp³-hybridized carbons (Fsp3) is 0.222. The van der Waals surface area contributed by atoms with Gasteiger partial charge in [0.25, 0.3) is 50.6 Å². The van der Waals surface area contributed by atoms with E-state index in [9.17, 15) is 114 Å². The van der Waals surface area contributed by atoms with Crippen molar-refractivity contribution < 1.29 is 138 Å². The van der Waals surface area contributed by atoms with E-state index in [0.717, 1.165) is 0 Å². The molecule has 0 fully saturated rings. The number of carbonyl (C=O) groups is 5. The van der Waals surface area contributed by atoms with E-state index >= 15 is 0 Å². The van der Waals surface area contributed by atoms with E-state index in [1.807, 2.05) is 0 Å². The first-order chi connectivity index (χ1) is 36.9. The lowest BCUT2D eigenvalue weighted by atomic mass is 9.91. The van der Waals surface area contributed by atoms with Crippen molar-refractivity contribution in [3.63, 3.8) is 0 Å². The molecule has 6 rings (SSSR count). The third-order valence-electron chi connectivity index (χ3n) is 11.2. The van der Waals surface area contributed by atoms with Gasteiger partial charge in [-0.15, -0.1) is 0 Å². The number of carboxylic acids is 5. The van der Waals surface area contributed by atoms with Crippen LogP contribution in [0.25, 0.3) is 0 Å². The molecule has 0 atom stereocenters. The molecule has 0 saturated heterocycles. The molecule has 0 spiro atoms. The van der Waals surface area contributed by atoms with Crippen LogP contribution in [0.15, 0.2) is 85.1 Å². The zero-order valence-corrected chi connectivity index (χ0v) is 44.1. The first-order valence-electron chi connectivity index (χ1n) is 21.8. The molecule has 1 aliphatic carbocycles. The van der Waals surface area contributed by atoms with Crippen molar-refractivity contribution >= 4 is 80.4 Å². The van der Waals surface area contributed by atoms with Gasteiger partial charge in [0.05, 0.1) is 24.5 Å². The molecule has 0 saturated carbocycles. The minimum absolute atomic E-state index is 0.612. The Morgan fingerprint density at radius 3 is 0.475 bits per heavy atom. The fourth-order valence-corrected chi connectivity index (χ4v) is 11.2. The third-order valence-corrected chi connectivity index (χ3v) is 15.3. The van der Waals surface area contributed by atoms with Crippen molar-refractivity contribution in [2.75, 3.05) is 33.0 Å². The summed E-state index contributed by atoms with van der Waals surface area (Å²) in [4.78, 5) is 55.0. The summed E-state index contributed by atoms with van der Waals surface area (Å²) in [6, 6.07) is 6.14. The van der Waals surface area contributed by atoms with E-state index in [1.54, 1.807) is 0 Å². The van der Waals surface area contributed by atoms with Gasteiger partial charge in [-0.3, -0.25) is 22.8 Å². The van der Waals surface area contributed by atoms with Crippen LogP contribution in [-0.2, 0) is 107 Å². The molecule has 35 heteroatoms. The van der Waals surface area contributed by atoms with Crippen LogP contribution in [0.3, 0.4) is 0 Å². The second kappa shape index (κ2) is 23.4. The Hall–Kier alpha value is -8.00. The van der Waals surface area contributed by atoms with Crippen molar-refractivity contribution in [3.05, 3.63) is 116 Å². The lowest BCUT2D eigenvalue weighted by Gasteiger charge is -2.23. The van der Waals surface area contributed by atoms with Crippen LogP contribution < -0.4 is 23.7 Å². The molecular formula is C45H40O30S5. The summed E-state index contributed by atoms with van der Waals surface area (Å²) < 4.78 is 211. The van der Waals surface area contributed by atoms with Crippen LogP contribution in [0.5, 0.6) is 28.7 Å². The summed E-state index contributed by atoms with van der Waals surface area (Å²) in [5.41, 5.74) is -6.12. The molecule has 430 valence electrons. The Balaban J connectivity index is 1.96. The van der Waals surface area contributed by atoms with Crippen LogP contribution >= 0.6 is 0 Å². The quantitative estimate of drug-likeness (QED) is 0.0484. The highest BCUT2D eigenvalue weighted by atomic mass is 32.2. The van der Waals surface area contributed by atoms with Crippen molar-refractivity contribution in [2.45, 2.75) is 56.6 Å². The van der Waals surface area contributed by atoms with Gasteiger partial charge in [0.2, 0.25) is 0 Å². The zero-order valence-electron chi connectivity index (χ0n) is 40.0. The molecule has 5 aromatic carbocycles. The highest BCUT2D eigenvalue weighted by Crippen LogP contribution is 2.43. The minimum Gasteiger partial charge on any atom is -0.481 e. The summed E-state index contributed by atoms with van der Waals surface area (Å²) in [6.07, 6.45) is -5.15. The summed E-state index contributed by atoms with van der Waals surface area (Å²) >= 11 is 0. The van der Waals surface area contributed by atoms with E-state index in [-0.39, 0.29) is 0 Å². The lowest BCUT2D eigenvalue weighted by molar-refractivity contribution is -0.140. The minimum atomic E-state index is -5.48. The van der Waals surface area contributed by atoms with Gasteiger partial charge in [-0.1, -0.05) is 0 Å². The second-order valence-corrected chi connectivity index (χ2v) is 24.1. The van der Waals surface area contributed by atoms with Gasteiger partial charge in [0.15, 0.2) is 33.0 Å². The van der Waals surface area contributed by atoms with Gasteiger partial charge >= 0.3 is 29.8 Å². The van der Waals surface area contributed by atoms with Gasteiger partial charge in [-0.2, -0.15) is 42.1 Å². The van der Waals surface area contributed by atoms with Gasteiger partial charge in [0, 0.05) is 87.7 Å². The first kappa shape index (κ1) is 61.2. The Kier molecular flexibility index (Phi) is 17.9. The summed E-state index contributed by atoms with van der Waals surface area (Å²) in [6.45, 7) is -6.74. The Bertz CT molecular complexity index is 3280. The van der Waals surface area contributed by atoms with E-state index < -0.39 is 254 Å². The van der Waals surface area contributed by atoms with Crippen molar-refractivity contribution in [1.82, 2.24) is 0 Å². The number of rotatable bonds is 20. The molecule has 30 nitrogen and oxygen atoms in total. The average Bonchev–Trinajstić information content (AvgIpc) is 3.51. The van der Waals surface area contributed by atoms with E-state index in [1.165, 1.54) is 0 Å². The summed E-state index contributed by atoms with van der Waals surface area (Å²) in [5.74, 6) is -12.5.